The third-order valence-electron chi connectivity index (χ3n) is 3.39. The highest BCUT2D eigenvalue weighted by atomic mass is 32.1. The molecular formula is C16H10F3N3OS. The number of hydrogen-bond acceptors (Lipinski definition) is 3. The second-order valence-electron chi connectivity index (χ2n) is 5.02. The number of aromatic nitrogens is 2. The number of thiocarbonyl (C=S) groups is 1. The lowest BCUT2D eigenvalue weighted by Crippen LogP contribution is -2.12. The Hall–Kier alpha value is -2.74. The molecule has 4 nitrogen and oxygen atoms in total. The largest absolute Gasteiger partial charge is 0.417 e. The topological polar surface area (TPSA) is 57.8 Å². The Bertz CT molecular complexity index is 919. The molecule has 2 N–H and O–H groups in total. The fourth-order valence-corrected chi connectivity index (χ4v) is 2.49. The van der Waals surface area contributed by atoms with Crippen LogP contribution >= 0.6 is 12.2 Å². The minimum Gasteiger partial charge on any atom is -0.351 e. The molecule has 0 fully saturated rings. The van der Waals surface area contributed by atoms with Gasteiger partial charge < -0.3 is 10.3 Å². The molecule has 3 aromatic rings. The fourth-order valence-electron chi connectivity index (χ4n) is 2.30. The molecule has 0 saturated carbocycles. The van der Waals surface area contributed by atoms with E-state index in [1.54, 1.807) is 18.3 Å². The molecule has 2 heterocycles. The Kier molecular flexibility index (Phi) is 4.06. The summed E-state index contributed by atoms with van der Waals surface area (Å²) in [5.41, 5.74) is -0.117. The smallest absolute Gasteiger partial charge is 0.351 e. The first-order valence-electron chi connectivity index (χ1n) is 6.79. The normalized spacial score (nSPS) is 11.5. The molecule has 3 rings (SSSR count). The van der Waals surface area contributed by atoms with E-state index in [-0.39, 0.29) is 16.8 Å². The minimum absolute atomic E-state index is 0.108. The highest BCUT2D eigenvalue weighted by Crippen LogP contribution is 2.34. The quantitative estimate of drug-likeness (QED) is 0.698. The Morgan fingerprint density at radius 3 is 2.71 bits per heavy atom. The molecular weight excluding hydrogens is 339 g/mol. The standard InChI is InChI=1S/C16H10F3N3OS/c17-16(18,19)12-6-13-9(4-10(12)8-24)5-14(22-13)15(23)21-11-2-1-3-20-7-11/h1-8,22H,(H,21,23). The summed E-state index contributed by atoms with van der Waals surface area (Å²) in [7, 11) is 0. The number of aromatic amines is 1. The van der Waals surface area contributed by atoms with E-state index < -0.39 is 17.6 Å². The van der Waals surface area contributed by atoms with E-state index in [4.69, 9.17) is 0 Å². The first-order valence-corrected chi connectivity index (χ1v) is 7.26. The summed E-state index contributed by atoms with van der Waals surface area (Å²) < 4.78 is 39.1. The van der Waals surface area contributed by atoms with Gasteiger partial charge in [-0.25, -0.2) is 0 Å². The lowest BCUT2D eigenvalue weighted by Gasteiger charge is -2.09. The van der Waals surface area contributed by atoms with Crippen LogP contribution in [0.5, 0.6) is 0 Å². The average Bonchev–Trinajstić information content (AvgIpc) is 2.97. The molecule has 0 unspecified atom stereocenters. The summed E-state index contributed by atoms with van der Waals surface area (Å²) >= 11 is 4.66. The van der Waals surface area contributed by atoms with Crippen LogP contribution in [0.2, 0.25) is 0 Å². The van der Waals surface area contributed by atoms with E-state index in [2.05, 4.69) is 27.5 Å². The van der Waals surface area contributed by atoms with Crippen molar-refractivity contribution in [3.63, 3.8) is 0 Å². The molecule has 0 aliphatic rings. The van der Waals surface area contributed by atoms with E-state index in [1.807, 2.05) is 0 Å². The van der Waals surface area contributed by atoms with Gasteiger partial charge in [-0.2, -0.15) is 13.2 Å². The van der Waals surface area contributed by atoms with Crippen molar-refractivity contribution >= 4 is 40.1 Å². The number of carbonyl (C=O) groups excluding carboxylic acids is 1. The van der Waals surface area contributed by atoms with Crippen LogP contribution in [-0.4, -0.2) is 21.2 Å². The molecule has 0 spiro atoms. The van der Waals surface area contributed by atoms with E-state index in [9.17, 15) is 18.0 Å². The SMILES string of the molecule is O=C(Nc1cccnc1)c1cc2cc(C=S)c(C(F)(F)F)cc2[nH]1. The summed E-state index contributed by atoms with van der Waals surface area (Å²) in [5.74, 6) is -0.475. The van der Waals surface area contributed by atoms with Crippen LogP contribution in [0.1, 0.15) is 21.6 Å². The zero-order valence-corrected chi connectivity index (χ0v) is 12.8. The average molecular weight is 349 g/mol. The molecule has 1 aromatic carbocycles. The van der Waals surface area contributed by atoms with Crippen LogP contribution in [0.3, 0.4) is 0 Å². The summed E-state index contributed by atoms with van der Waals surface area (Å²) in [6, 6.07) is 7.04. The summed E-state index contributed by atoms with van der Waals surface area (Å²) in [6.45, 7) is 0. The van der Waals surface area contributed by atoms with Crippen molar-refractivity contribution in [3.05, 3.63) is 59.5 Å². The molecule has 0 aliphatic carbocycles. The van der Waals surface area contributed by atoms with Crippen molar-refractivity contribution in [1.29, 1.82) is 0 Å². The van der Waals surface area contributed by atoms with E-state index >= 15 is 0 Å². The van der Waals surface area contributed by atoms with Crippen LogP contribution in [0.15, 0.2) is 42.7 Å². The van der Waals surface area contributed by atoms with Gasteiger partial charge >= 0.3 is 6.18 Å². The Morgan fingerprint density at radius 2 is 2.08 bits per heavy atom. The van der Waals surface area contributed by atoms with Crippen molar-refractivity contribution in [2.45, 2.75) is 6.18 Å². The zero-order valence-electron chi connectivity index (χ0n) is 12.0. The maximum absolute atomic E-state index is 13.0. The van der Waals surface area contributed by atoms with Gasteiger partial charge in [0.15, 0.2) is 0 Å². The third kappa shape index (κ3) is 3.13. The first kappa shape index (κ1) is 16.1. The molecule has 0 saturated heterocycles. The van der Waals surface area contributed by atoms with Gasteiger partial charge in [0.2, 0.25) is 0 Å². The van der Waals surface area contributed by atoms with Crippen molar-refractivity contribution in [1.82, 2.24) is 9.97 Å². The molecule has 0 bridgehead atoms. The van der Waals surface area contributed by atoms with Crippen LogP contribution in [-0.2, 0) is 6.18 Å². The number of benzene rings is 1. The Balaban J connectivity index is 1.99. The number of fused-ring (bicyclic) bond motifs is 1. The third-order valence-corrected chi connectivity index (χ3v) is 3.64. The number of halogens is 3. The molecule has 0 aliphatic heterocycles. The van der Waals surface area contributed by atoms with Crippen molar-refractivity contribution in [3.8, 4) is 0 Å². The fraction of sp³-hybridized carbons (Fsp3) is 0.0625. The number of H-pyrrole nitrogens is 1. The molecule has 0 radical (unpaired) electrons. The van der Waals surface area contributed by atoms with Crippen molar-refractivity contribution in [2.24, 2.45) is 0 Å². The maximum Gasteiger partial charge on any atom is 0.417 e. The predicted molar refractivity (Wildman–Crippen MR) is 88.2 cm³/mol. The molecule has 2 aromatic heterocycles. The molecule has 24 heavy (non-hydrogen) atoms. The van der Waals surface area contributed by atoms with Gasteiger partial charge in [0.25, 0.3) is 5.91 Å². The number of alkyl halides is 3. The van der Waals surface area contributed by atoms with Gasteiger partial charge in [0, 0.05) is 22.5 Å². The number of carbonyl (C=O) groups is 1. The van der Waals surface area contributed by atoms with Gasteiger partial charge in [-0.15, -0.1) is 0 Å². The van der Waals surface area contributed by atoms with Gasteiger partial charge in [-0.05, 0) is 35.9 Å². The van der Waals surface area contributed by atoms with Gasteiger partial charge in [-0.3, -0.25) is 9.78 Å². The number of pyridine rings is 1. The van der Waals surface area contributed by atoms with Crippen LogP contribution in [0.25, 0.3) is 10.9 Å². The second kappa shape index (κ2) is 6.04. The van der Waals surface area contributed by atoms with Gasteiger partial charge in [-0.1, -0.05) is 12.2 Å². The highest BCUT2D eigenvalue weighted by Gasteiger charge is 2.33. The monoisotopic (exact) mass is 349 g/mol. The number of nitrogens with one attached hydrogen (secondary N) is 2. The summed E-state index contributed by atoms with van der Waals surface area (Å²) in [5, 5.41) is 4.05. The predicted octanol–water partition coefficient (Wildman–Crippen LogP) is 4.18. The first-order chi connectivity index (χ1) is 11.4. The van der Waals surface area contributed by atoms with Gasteiger partial charge in [0.1, 0.15) is 5.69 Å². The number of anilines is 1. The van der Waals surface area contributed by atoms with E-state index in [1.165, 1.54) is 18.3 Å². The Morgan fingerprint density at radius 1 is 1.29 bits per heavy atom. The number of nitrogens with zero attached hydrogens (tertiary/aromatic N) is 1. The van der Waals surface area contributed by atoms with Crippen LogP contribution < -0.4 is 5.32 Å². The maximum atomic E-state index is 13.0. The van der Waals surface area contributed by atoms with Crippen molar-refractivity contribution < 1.29 is 18.0 Å². The number of amides is 1. The summed E-state index contributed by atoms with van der Waals surface area (Å²) in [4.78, 5) is 18.8. The molecule has 122 valence electrons. The second-order valence-corrected chi connectivity index (χ2v) is 5.26. The Labute approximate surface area is 139 Å². The highest BCUT2D eigenvalue weighted by molar-refractivity contribution is 7.79. The van der Waals surface area contributed by atoms with E-state index in [0.29, 0.717) is 11.1 Å². The molecule has 8 heteroatoms. The molecule has 1 amide bonds. The molecule has 0 atom stereocenters. The lowest BCUT2D eigenvalue weighted by atomic mass is 10.1. The van der Waals surface area contributed by atoms with Crippen molar-refractivity contribution in [2.75, 3.05) is 5.32 Å². The summed E-state index contributed by atoms with van der Waals surface area (Å²) in [6.07, 6.45) is -1.50. The van der Waals surface area contributed by atoms with Crippen LogP contribution in [0.4, 0.5) is 18.9 Å². The minimum atomic E-state index is -4.53. The van der Waals surface area contributed by atoms with Gasteiger partial charge in [0.05, 0.1) is 17.4 Å². The lowest BCUT2D eigenvalue weighted by molar-refractivity contribution is -0.137. The zero-order chi connectivity index (χ0) is 17.3. The number of rotatable bonds is 3. The van der Waals surface area contributed by atoms with Crippen LogP contribution in [0, 0.1) is 0 Å². The van der Waals surface area contributed by atoms with E-state index in [0.717, 1.165) is 11.4 Å². The number of hydrogen-bond donors (Lipinski definition) is 2.